The fourth-order valence-corrected chi connectivity index (χ4v) is 3.02. The average molecular weight is 473 g/mol. The highest BCUT2D eigenvalue weighted by molar-refractivity contribution is 6.14. The van der Waals surface area contributed by atoms with Crippen LogP contribution in [0.3, 0.4) is 0 Å². The maximum atomic E-state index is 12.8. The fourth-order valence-electron chi connectivity index (χ4n) is 3.02. The van der Waals surface area contributed by atoms with Crippen molar-refractivity contribution in [2.75, 3.05) is 14.2 Å². The molecule has 1 aromatic heterocycles. The van der Waals surface area contributed by atoms with Gasteiger partial charge in [-0.3, -0.25) is 19.8 Å². The zero-order chi connectivity index (χ0) is 25.0. The Kier molecular flexibility index (Phi) is 6.95. The zero-order valence-electron chi connectivity index (χ0n) is 18.2. The van der Waals surface area contributed by atoms with Gasteiger partial charge in [0.15, 0.2) is 6.10 Å². The predicted molar refractivity (Wildman–Crippen MR) is 112 cm³/mol. The third-order valence-electron chi connectivity index (χ3n) is 4.67. The normalized spacial score (nSPS) is 15.1. The average Bonchev–Trinajstić information content (AvgIpc) is 3.39. The van der Waals surface area contributed by atoms with E-state index in [1.54, 1.807) is 0 Å². The molecule has 1 atom stereocenters. The van der Waals surface area contributed by atoms with Crippen LogP contribution in [0.2, 0.25) is 0 Å². The number of para-hydroxylation sites is 1. The second kappa shape index (κ2) is 9.85. The number of nitrogens with one attached hydrogen (secondary N) is 1. The number of furan rings is 1. The molecule has 0 aliphatic carbocycles. The van der Waals surface area contributed by atoms with E-state index in [-0.39, 0.29) is 35.1 Å². The molecule has 13 nitrogen and oxygen atoms in total. The summed E-state index contributed by atoms with van der Waals surface area (Å²) in [5.41, 5.74) is -0.577. The minimum Gasteiger partial charge on any atom is -0.471 e. The lowest BCUT2D eigenvalue weighted by molar-refractivity contribution is -0.386. The monoisotopic (exact) mass is 473 g/mol. The summed E-state index contributed by atoms with van der Waals surface area (Å²) >= 11 is 0. The minimum absolute atomic E-state index is 0.0708. The molecule has 178 valence electrons. The van der Waals surface area contributed by atoms with Crippen LogP contribution in [0.15, 0.2) is 40.4 Å². The number of ether oxygens (including phenoxy) is 3. The molecule has 1 saturated heterocycles. The Morgan fingerprint density at radius 3 is 2.59 bits per heavy atom. The van der Waals surface area contributed by atoms with Crippen LogP contribution < -0.4 is 10.1 Å². The number of carbonyl (C=O) groups excluding carboxylic acids is 4. The quantitative estimate of drug-likeness (QED) is 0.197. The Labute approximate surface area is 192 Å². The largest absolute Gasteiger partial charge is 0.471 e. The van der Waals surface area contributed by atoms with Crippen molar-refractivity contribution >= 4 is 35.6 Å². The van der Waals surface area contributed by atoms with Gasteiger partial charge >= 0.3 is 23.7 Å². The third-order valence-corrected chi connectivity index (χ3v) is 4.67. The van der Waals surface area contributed by atoms with Gasteiger partial charge in [0.05, 0.1) is 25.7 Å². The van der Waals surface area contributed by atoms with Gasteiger partial charge in [-0.1, -0.05) is 12.1 Å². The van der Waals surface area contributed by atoms with Crippen LogP contribution in [0.4, 0.5) is 10.5 Å². The molecule has 1 aromatic carbocycles. The first-order valence-corrected chi connectivity index (χ1v) is 9.69. The molecule has 1 N–H and O–H groups in total. The van der Waals surface area contributed by atoms with E-state index in [9.17, 15) is 29.3 Å². The number of amides is 3. The van der Waals surface area contributed by atoms with Crippen LogP contribution in [-0.2, 0) is 25.6 Å². The SMILES string of the molecule is COC(=O)c1ccc(CN2C(=O)N/C(=C\c3cccc([N+](=O)[O-])c3O[C@H](C)C(=O)OC)C2=O)o1. The second-order valence-corrected chi connectivity index (χ2v) is 6.87. The van der Waals surface area contributed by atoms with Crippen molar-refractivity contribution in [3.8, 4) is 5.75 Å². The van der Waals surface area contributed by atoms with Crippen molar-refractivity contribution in [2.45, 2.75) is 19.6 Å². The number of methoxy groups -OCH3 is 2. The van der Waals surface area contributed by atoms with Gasteiger partial charge in [0.25, 0.3) is 5.91 Å². The summed E-state index contributed by atoms with van der Waals surface area (Å²) in [6, 6.07) is 5.91. The van der Waals surface area contributed by atoms with Crippen LogP contribution in [-0.4, -0.2) is 54.0 Å². The molecular formula is C21H19N3O10. The molecule has 0 unspecified atom stereocenters. The number of esters is 2. The van der Waals surface area contributed by atoms with Gasteiger partial charge in [0, 0.05) is 11.6 Å². The third kappa shape index (κ3) is 4.87. The van der Waals surface area contributed by atoms with E-state index >= 15 is 0 Å². The molecule has 3 rings (SSSR count). The number of carbonyl (C=O) groups is 4. The molecule has 0 saturated carbocycles. The number of rotatable bonds is 8. The standard InChI is InChI=1S/C21H19N3O10/c1-11(19(26)31-2)33-17-12(5-4-6-15(17)24(29)30)9-14-18(25)23(21(28)22-14)10-13-7-8-16(34-13)20(27)32-3/h4-9,11H,10H2,1-3H3,(H,22,28)/b14-9-/t11-/m1/s1. The predicted octanol–water partition coefficient (Wildman–Crippen LogP) is 2.01. The van der Waals surface area contributed by atoms with Gasteiger partial charge in [-0.2, -0.15) is 0 Å². The van der Waals surface area contributed by atoms with Crippen LogP contribution in [0.1, 0.15) is 28.8 Å². The van der Waals surface area contributed by atoms with E-state index in [1.807, 2.05) is 0 Å². The molecule has 0 spiro atoms. The van der Waals surface area contributed by atoms with Gasteiger partial charge in [-0.05, 0) is 25.1 Å². The summed E-state index contributed by atoms with van der Waals surface area (Å²) < 4.78 is 19.9. The maximum Gasteiger partial charge on any atom is 0.373 e. The number of hydrogen-bond acceptors (Lipinski definition) is 10. The Balaban J connectivity index is 1.90. The van der Waals surface area contributed by atoms with E-state index in [4.69, 9.17) is 9.15 Å². The van der Waals surface area contributed by atoms with Crippen molar-refractivity contribution in [3.63, 3.8) is 0 Å². The molecule has 2 aromatic rings. The van der Waals surface area contributed by atoms with Crippen molar-refractivity contribution < 1.29 is 42.7 Å². The number of nitro benzene ring substituents is 1. The summed E-state index contributed by atoms with van der Waals surface area (Å²) in [4.78, 5) is 60.0. The second-order valence-electron chi connectivity index (χ2n) is 6.87. The lowest BCUT2D eigenvalue weighted by atomic mass is 10.1. The lowest BCUT2D eigenvalue weighted by Gasteiger charge is -2.14. The first-order chi connectivity index (χ1) is 16.2. The Morgan fingerprint density at radius 2 is 1.94 bits per heavy atom. The summed E-state index contributed by atoms with van der Waals surface area (Å²) in [7, 11) is 2.32. The number of benzene rings is 1. The highest BCUT2D eigenvalue weighted by Crippen LogP contribution is 2.34. The smallest absolute Gasteiger partial charge is 0.373 e. The minimum atomic E-state index is -1.18. The van der Waals surface area contributed by atoms with Crippen molar-refractivity contribution in [1.29, 1.82) is 0 Å². The summed E-state index contributed by atoms with van der Waals surface area (Å²) in [5.74, 6) is -2.47. The van der Waals surface area contributed by atoms with Crippen LogP contribution in [0.5, 0.6) is 5.75 Å². The molecular weight excluding hydrogens is 454 g/mol. The van der Waals surface area contributed by atoms with E-state index in [1.165, 1.54) is 50.4 Å². The molecule has 0 bridgehead atoms. The summed E-state index contributed by atoms with van der Waals surface area (Å²) in [5, 5.41) is 13.9. The Bertz CT molecular complexity index is 1200. The van der Waals surface area contributed by atoms with E-state index in [0.29, 0.717) is 0 Å². The van der Waals surface area contributed by atoms with Crippen LogP contribution in [0, 0.1) is 10.1 Å². The molecule has 0 radical (unpaired) electrons. The van der Waals surface area contributed by atoms with Crippen molar-refractivity contribution in [1.82, 2.24) is 10.2 Å². The van der Waals surface area contributed by atoms with E-state index in [2.05, 4.69) is 14.8 Å². The first-order valence-electron chi connectivity index (χ1n) is 9.69. The van der Waals surface area contributed by atoms with Gasteiger partial charge in [0.1, 0.15) is 11.5 Å². The Hall–Kier alpha value is -4.68. The van der Waals surface area contributed by atoms with Crippen molar-refractivity contribution in [2.24, 2.45) is 0 Å². The molecule has 1 fully saturated rings. The summed E-state index contributed by atoms with van der Waals surface area (Å²) in [6.45, 7) is 1.06. The van der Waals surface area contributed by atoms with Gasteiger partial charge in [-0.25, -0.2) is 14.4 Å². The molecule has 3 amide bonds. The summed E-state index contributed by atoms with van der Waals surface area (Å²) in [6.07, 6.45) is 0.00534. The molecule has 13 heteroatoms. The van der Waals surface area contributed by atoms with Gasteiger partial charge in [-0.15, -0.1) is 0 Å². The Morgan fingerprint density at radius 1 is 1.21 bits per heavy atom. The number of urea groups is 1. The van der Waals surface area contributed by atoms with Crippen LogP contribution >= 0.6 is 0 Å². The number of nitro groups is 1. The van der Waals surface area contributed by atoms with E-state index in [0.717, 1.165) is 12.0 Å². The van der Waals surface area contributed by atoms with E-state index < -0.39 is 40.6 Å². The topological polar surface area (TPSA) is 168 Å². The van der Waals surface area contributed by atoms with Crippen LogP contribution in [0.25, 0.3) is 6.08 Å². The first kappa shape index (κ1) is 24.0. The maximum absolute atomic E-state index is 12.8. The molecule has 2 heterocycles. The van der Waals surface area contributed by atoms with Crippen molar-refractivity contribution in [3.05, 3.63) is 63.2 Å². The highest BCUT2D eigenvalue weighted by Gasteiger charge is 2.35. The zero-order valence-corrected chi connectivity index (χ0v) is 18.2. The lowest BCUT2D eigenvalue weighted by Crippen LogP contribution is -2.30. The van der Waals surface area contributed by atoms with Gasteiger partial charge in [0.2, 0.25) is 11.5 Å². The highest BCUT2D eigenvalue weighted by atomic mass is 16.6. The number of imide groups is 1. The molecule has 1 aliphatic rings. The fraction of sp³-hybridized carbons (Fsp3) is 0.238. The number of nitrogens with zero attached hydrogens (tertiary/aromatic N) is 2. The van der Waals surface area contributed by atoms with Gasteiger partial charge < -0.3 is 23.9 Å². The number of hydrogen-bond donors (Lipinski definition) is 1. The molecule has 34 heavy (non-hydrogen) atoms. The molecule has 1 aliphatic heterocycles.